The second-order valence-corrected chi connectivity index (χ2v) is 3.80. The fourth-order valence-electron chi connectivity index (χ4n) is 1.20. The second-order valence-electron chi connectivity index (χ2n) is 3.80. The molecule has 0 aliphatic heterocycles. The summed E-state index contributed by atoms with van der Waals surface area (Å²) in [5, 5.41) is 0. The Bertz CT molecular complexity index is 332. The van der Waals surface area contributed by atoms with E-state index in [0.717, 1.165) is 6.08 Å². The van der Waals surface area contributed by atoms with Crippen LogP contribution in [0.15, 0.2) is 12.7 Å². The van der Waals surface area contributed by atoms with E-state index in [2.05, 4.69) is 6.58 Å². The van der Waals surface area contributed by atoms with E-state index in [1.807, 2.05) is 0 Å². The van der Waals surface area contributed by atoms with Crippen molar-refractivity contribution in [2.24, 2.45) is 0 Å². The Hall–Kier alpha value is -1.93. The van der Waals surface area contributed by atoms with Gasteiger partial charge in [-0.15, -0.1) is 4.90 Å². The van der Waals surface area contributed by atoms with Crippen molar-refractivity contribution in [1.29, 1.82) is 0 Å². The average Bonchev–Trinajstić information content (AvgIpc) is 2.48. The lowest BCUT2D eigenvalue weighted by Gasteiger charge is -2.16. The second kappa shape index (κ2) is 11.9. The highest BCUT2D eigenvalue weighted by Crippen LogP contribution is 2.02. The fraction of sp³-hybridized carbons (Fsp3) is 0.615. The van der Waals surface area contributed by atoms with Gasteiger partial charge in [0.25, 0.3) is 5.91 Å². The predicted molar refractivity (Wildman–Crippen MR) is 72.7 cm³/mol. The number of ether oxygens (including phenoxy) is 4. The number of imide groups is 3. The summed E-state index contributed by atoms with van der Waals surface area (Å²) in [5.41, 5.74) is 0. The van der Waals surface area contributed by atoms with Crippen LogP contribution in [-0.2, 0) is 23.7 Å². The smallest absolute Gasteiger partial charge is 0.426 e. The first kappa shape index (κ1) is 19.1. The van der Waals surface area contributed by atoms with Gasteiger partial charge in [0.05, 0.1) is 13.2 Å². The summed E-state index contributed by atoms with van der Waals surface area (Å²) in [6, 6.07) is 0. The molecule has 0 atom stereocenters. The Labute approximate surface area is 123 Å². The van der Waals surface area contributed by atoms with Crippen LogP contribution in [0.25, 0.3) is 0 Å². The first-order valence-electron chi connectivity index (χ1n) is 6.36. The molecule has 0 rings (SSSR count). The molecule has 0 unspecified atom stereocenters. The normalized spacial score (nSPS) is 9.81. The van der Waals surface area contributed by atoms with Crippen molar-refractivity contribution in [2.45, 2.75) is 12.8 Å². The van der Waals surface area contributed by atoms with Crippen LogP contribution in [0.4, 0.5) is 9.59 Å². The zero-order valence-electron chi connectivity index (χ0n) is 12.3. The summed E-state index contributed by atoms with van der Waals surface area (Å²) in [4.78, 5) is 35.2. The Kier molecular flexibility index (Phi) is 10.8. The van der Waals surface area contributed by atoms with Crippen molar-refractivity contribution >= 4 is 18.1 Å². The molecule has 0 aliphatic carbocycles. The molecule has 0 saturated heterocycles. The number of hydrogen-bond acceptors (Lipinski definition) is 7. The Morgan fingerprint density at radius 1 is 0.905 bits per heavy atom. The van der Waals surface area contributed by atoms with Gasteiger partial charge in [-0.25, -0.2) is 9.59 Å². The third-order valence-corrected chi connectivity index (χ3v) is 2.20. The van der Waals surface area contributed by atoms with E-state index in [9.17, 15) is 14.4 Å². The minimum Gasteiger partial charge on any atom is -0.449 e. The Morgan fingerprint density at radius 2 is 1.33 bits per heavy atom. The Morgan fingerprint density at radius 3 is 1.67 bits per heavy atom. The predicted octanol–water partition coefficient (Wildman–Crippen LogP) is 1.35. The minimum absolute atomic E-state index is 0.0184. The van der Waals surface area contributed by atoms with Gasteiger partial charge in [-0.3, -0.25) is 4.79 Å². The number of methoxy groups -OCH3 is 2. The molecule has 0 heterocycles. The van der Waals surface area contributed by atoms with Gasteiger partial charge in [-0.2, -0.15) is 0 Å². The van der Waals surface area contributed by atoms with Gasteiger partial charge in [0.1, 0.15) is 0 Å². The van der Waals surface area contributed by atoms with Gasteiger partial charge >= 0.3 is 12.2 Å². The van der Waals surface area contributed by atoms with Crippen molar-refractivity contribution in [3.8, 4) is 0 Å². The van der Waals surface area contributed by atoms with Crippen LogP contribution < -0.4 is 0 Å². The molecule has 0 aromatic carbocycles. The molecule has 21 heavy (non-hydrogen) atoms. The third kappa shape index (κ3) is 8.05. The summed E-state index contributed by atoms with van der Waals surface area (Å²) >= 11 is 0. The topological polar surface area (TPSA) is 91.4 Å². The van der Waals surface area contributed by atoms with Crippen molar-refractivity contribution in [3.05, 3.63) is 12.7 Å². The Balaban J connectivity index is 4.42. The van der Waals surface area contributed by atoms with Crippen LogP contribution in [0.5, 0.6) is 0 Å². The number of carbonyl (C=O) groups is 3. The van der Waals surface area contributed by atoms with Gasteiger partial charge in [0.15, 0.2) is 0 Å². The molecule has 0 aromatic rings. The zero-order chi connectivity index (χ0) is 16.1. The standard InChI is InChI=1S/C13H21NO7/c1-4-11(15)14(12(16)20-9-5-7-18-2)13(17)21-10-6-8-19-3/h4H,1,5-10H2,2-3H3. The largest absolute Gasteiger partial charge is 0.449 e. The number of nitrogens with zero attached hydrogens (tertiary/aromatic N) is 1. The molecule has 0 fully saturated rings. The van der Waals surface area contributed by atoms with Gasteiger partial charge < -0.3 is 18.9 Å². The van der Waals surface area contributed by atoms with Crippen molar-refractivity contribution in [1.82, 2.24) is 4.90 Å². The lowest BCUT2D eigenvalue weighted by atomic mass is 10.5. The molecule has 0 aromatic heterocycles. The van der Waals surface area contributed by atoms with E-state index in [1.54, 1.807) is 0 Å². The highest BCUT2D eigenvalue weighted by molar-refractivity contribution is 6.10. The van der Waals surface area contributed by atoms with Gasteiger partial charge in [-0.05, 0) is 6.08 Å². The molecular formula is C13H21NO7. The molecule has 3 amide bonds. The van der Waals surface area contributed by atoms with Crippen molar-refractivity contribution in [2.75, 3.05) is 40.6 Å². The summed E-state index contributed by atoms with van der Waals surface area (Å²) in [5.74, 6) is -0.913. The van der Waals surface area contributed by atoms with Gasteiger partial charge in [-0.1, -0.05) is 6.58 Å². The van der Waals surface area contributed by atoms with Crippen LogP contribution in [-0.4, -0.2) is 63.6 Å². The SMILES string of the molecule is C=CC(=O)N(C(=O)OCCCOC)C(=O)OCCCOC. The molecule has 0 saturated carbocycles. The van der Waals surface area contributed by atoms with Crippen LogP contribution >= 0.6 is 0 Å². The maximum absolute atomic E-state index is 11.7. The zero-order valence-corrected chi connectivity index (χ0v) is 12.3. The van der Waals surface area contributed by atoms with E-state index in [0.29, 0.717) is 26.1 Å². The first-order chi connectivity index (χ1) is 10.1. The molecule has 0 spiro atoms. The van der Waals surface area contributed by atoms with E-state index in [-0.39, 0.29) is 18.1 Å². The van der Waals surface area contributed by atoms with E-state index >= 15 is 0 Å². The lowest BCUT2D eigenvalue weighted by molar-refractivity contribution is -0.123. The number of carbonyl (C=O) groups excluding carboxylic acids is 3. The van der Waals surface area contributed by atoms with E-state index in [1.165, 1.54) is 14.2 Å². The number of rotatable bonds is 9. The maximum Gasteiger partial charge on any atom is 0.426 e. The summed E-state index contributed by atoms with van der Waals surface area (Å²) in [7, 11) is 3.01. The fourth-order valence-corrected chi connectivity index (χ4v) is 1.20. The van der Waals surface area contributed by atoms with Crippen LogP contribution in [0.3, 0.4) is 0 Å². The van der Waals surface area contributed by atoms with E-state index in [4.69, 9.17) is 18.9 Å². The average molecular weight is 303 g/mol. The molecule has 8 heteroatoms. The highest BCUT2D eigenvalue weighted by Gasteiger charge is 2.29. The minimum atomic E-state index is -1.10. The van der Waals surface area contributed by atoms with Crippen LogP contribution in [0, 0.1) is 0 Å². The van der Waals surface area contributed by atoms with Gasteiger partial charge in [0.2, 0.25) is 0 Å². The first-order valence-corrected chi connectivity index (χ1v) is 6.36. The lowest BCUT2D eigenvalue weighted by Crippen LogP contribution is -2.42. The monoisotopic (exact) mass is 303 g/mol. The molecule has 8 nitrogen and oxygen atoms in total. The molecule has 0 N–H and O–H groups in total. The number of amides is 3. The van der Waals surface area contributed by atoms with Crippen molar-refractivity contribution in [3.63, 3.8) is 0 Å². The van der Waals surface area contributed by atoms with Crippen LogP contribution in [0.1, 0.15) is 12.8 Å². The highest BCUT2D eigenvalue weighted by atomic mass is 16.6. The summed E-state index contributed by atoms with van der Waals surface area (Å²) in [6.07, 6.45) is -0.490. The molecule has 0 radical (unpaired) electrons. The molecule has 120 valence electrons. The number of hydrogen-bond donors (Lipinski definition) is 0. The molecular weight excluding hydrogens is 282 g/mol. The quantitative estimate of drug-likeness (QED) is 0.469. The molecule has 0 bridgehead atoms. The molecule has 0 aliphatic rings. The third-order valence-electron chi connectivity index (χ3n) is 2.20. The maximum atomic E-state index is 11.7. The van der Waals surface area contributed by atoms with Crippen LogP contribution in [0.2, 0.25) is 0 Å². The van der Waals surface area contributed by atoms with E-state index < -0.39 is 18.1 Å². The van der Waals surface area contributed by atoms with Crippen molar-refractivity contribution < 1.29 is 33.3 Å². The summed E-state index contributed by atoms with van der Waals surface area (Å²) < 4.78 is 19.2. The summed E-state index contributed by atoms with van der Waals surface area (Å²) in [6.45, 7) is 4.04. The van der Waals surface area contributed by atoms with Gasteiger partial charge in [0, 0.05) is 40.3 Å².